The zero-order chi connectivity index (χ0) is 28.0. The lowest BCUT2D eigenvalue weighted by Crippen LogP contribution is -2.39. The number of fused-ring (bicyclic) bond motifs is 1. The van der Waals surface area contributed by atoms with Gasteiger partial charge in [-0.2, -0.15) is 29.5 Å². The summed E-state index contributed by atoms with van der Waals surface area (Å²) in [6, 6.07) is 4.66. The summed E-state index contributed by atoms with van der Waals surface area (Å²) in [5.41, 5.74) is 3.25. The molecule has 3 aromatic rings. The molecule has 0 aromatic carbocycles. The molecule has 2 N–H and O–H groups in total. The van der Waals surface area contributed by atoms with E-state index in [0.717, 1.165) is 48.9 Å². The third kappa shape index (κ3) is 7.81. The van der Waals surface area contributed by atoms with Crippen molar-refractivity contribution in [2.75, 3.05) is 50.6 Å². The number of rotatable bonds is 8. The van der Waals surface area contributed by atoms with E-state index in [4.69, 9.17) is 24.6 Å². The van der Waals surface area contributed by atoms with Gasteiger partial charge in [-0.25, -0.2) is 9.78 Å². The molecular formula is C25H35F3N6O3S. The topological polar surface area (TPSA) is 95.8 Å². The summed E-state index contributed by atoms with van der Waals surface area (Å²) in [5, 5.41) is 15.0. The lowest BCUT2D eigenvalue weighted by atomic mass is 10.0. The number of carboxylic acids is 1. The van der Waals surface area contributed by atoms with Crippen LogP contribution in [0.5, 0.6) is 0 Å². The normalized spacial score (nSPS) is 17.0. The van der Waals surface area contributed by atoms with Crippen LogP contribution in [0.25, 0.3) is 11.0 Å². The largest absolute Gasteiger partial charge is 0.490 e. The maximum absolute atomic E-state index is 10.6. The zero-order valence-corrected chi connectivity index (χ0v) is 23.0. The van der Waals surface area contributed by atoms with Gasteiger partial charge in [-0.15, -0.1) is 0 Å². The number of aryl methyl sites for hydroxylation is 1. The van der Waals surface area contributed by atoms with Crippen molar-refractivity contribution in [2.24, 2.45) is 13.0 Å². The number of halogens is 3. The van der Waals surface area contributed by atoms with Crippen LogP contribution in [-0.2, 0) is 16.6 Å². The van der Waals surface area contributed by atoms with Gasteiger partial charge in [0.15, 0.2) is 5.82 Å². The van der Waals surface area contributed by atoms with Gasteiger partial charge in [0, 0.05) is 32.4 Å². The number of likely N-dealkylation sites (N-methyl/N-ethyl adjacent to an activating group) is 1. The van der Waals surface area contributed by atoms with Gasteiger partial charge < -0.3 is 29.5 Å². The fourth-order valence-corrected chi connectivity index (χ4v) is 4.87. The van der Waals surface area contributed by atoms with Crippen LogP contribution >= 0.6 is 11.3 Å². The summed E-state index contributed by atoms with van der Waals surface area (Å²) in [4.78, 5) is 23.3. The monoisotopic (exact) mass is 556 g/mol. The number of nitrogens with one attached hydrogen (secondary N) is 1. The molecule has 0 saturated carbocycles. The number of aliphatic carboxylic acids is 1. The van der Waals surface area contributed by atoms with Crippen molar-refractivity contribution < 1.29 is 27.8 Å². The molecule has 2 atom stereocenters. The second-order valence-electron chi connectivity index (χ2n) is 9.83. The number of hydrogen-bond donors (Lipinski definition) is 2. The fourth-order valence-electron chi connectivity index (χ4n) is 4.17. The van der Waals surface area contributed by atoms with Gasteiger partial charge in [-0.3, -0.25) is 0 Å². The van der Waals surface area contributed by atoms with E-state index in [1.807, 2.05) is 0 Å². The Morgan fingerprint density at radius 2 is 2.03 bits per heavy atom. The molecule has 1 saturated heterocycles. The number of nitrogens with zero attached hydrogens (tertiary/aromatic N) is 5. The van der Waals surface area contributed by atoms with Gasteiger partial charge in [-0.05, 0) is 54.9 Å². The molecule has 38 heavy (non-hydrogen) atoms. The first kappa shape index (κ1) is 29.7. The van der Waals surface area contributed by atoms with Crippen molar-refractivity contribution in [3.8, 4) is 0 Å². The standard InChI is InChI=1S/C23H34N6OS.C2HF3O2/c1-16(2)12-18(27(3)4)13-24-22-21-19(6-8-28(21)5)25-23(26-22)29-9-10-30-20(14-29)17-7-11-31-15-17;3-2(4,5)1(6)7/h6-8,11,15-16,18,20H,9-10,12-14H2,1-5H3,(H,24,25,26);(H,6,7). The highest BCUT2D eigenvalue weighted by atomic mass is 32.1. The third-order valence-electron chi connectivity index (χ3n) is 6.19. The minimum Gasteiger partial charge on any atom is -0.475 e. The molecule has 13 heteroatoms. The molecule has 1 aliphatic heterocycles. The van der Waals surface area contributed by atoms with Gasteiger partial charge in [-0.1, -0.05) is 13.8 Å². The molecular weight excluding hydrogens is 521 g/mol. The first-order valence-corrected chi connectivity index (χ1v) is 13.2. The van der Waals surface area contributed by atoms with Gasteiger partial charge in [0.1, 0.15) is 11.6 Å². The lowest BCUT2D eigenvalue weighted by molar-refractivity contribution is -0.192. The number of hydrogen-bond acceptors (Lipinski definition) is 8. The highest BCUT2D eigenvalue weighted by molar-refractivity contribution is 7.07. The van der Waals surface area contributed by atoms with Gasteiger partial charge >= 0.3 is 12.1 Å². The van der Waals surface area contributed by atoms with E-state index in [1.165, 1.54) is 5.56 Å². The molecule has 1 aliphatic rings. The first-order valence-electron chi connectivity index (χ1n) is 12.3. The Balaban J connectivity index is 0.000000505. The molecule has 4 rings (SSSR count). The minimum absolute atomic E-state index is 0.0654. The Morgan fingerprint density at radius 3 is 2.61 bits per heavy atom. The number of alkyl halides is 3. The average molecular weight is 557 g/mol. The van der Waals surface area contributed by atoms with Crippen LogP contribution in [0.1, 0.15) is 31.9 Å². The fraction of sp³-hybridized carbons (Fsp3) is 0.560. The van der Waals surface area contributed by atoms with Crippen LogP contribution in [0, 0.1) is 5.92 Å². The van der Waals surface area contributed by atoms with Crippen molar-refractivity contribution >= 4 is 40.1 Å². The molecule has 2 unspecified atom stereocenters. The molecule has 3 aromatic heterocycles. The van der Waals surface area contributed by atoms with Gasteiger partial charge in [0.25, 0.3) is 0 Å². The van der Waals surface area contributed by atoms with E-state index in [9.17, 15) is 13.2 Å². The number of ether oxygens (including phenoxy) is 1. The summed E-state index contributed by atoms with van der Waals surface area (Å²) < 4.78 is 39.9. The SMILES string of the molecule is CC(C)CC(CNc1nc(N2CCOC(c3ccsc3)C2)nc2ccn(C)c12)N(C)C.O=C(O)C(F)(F)F. The van der Waals surface area contributed by atoms with E-state index >= 15 is 0 Å². The third-order valence-corrected chi connectivity index (χ3v) is 6.90. The van der Waals surface area contributed by atoms with Gasteiger partial charge in [0.2, 0.25) is 5.95 Å². The predicted molar refractivity (Wildman–Crippen MR) is 143 cm³/mol. The maximum Gasteiger partial charge on any atom is 0.490 e. The Bertz CT molecular complexity index is 1180. The second-order valence-corrected chi connectivity index (χ2v) is 10.6. The van der Waals surface area contributed by atoms with Gasteiger partial charge in [0.05, 0.1) is 18.7 Å². The Kier molecular flexibility index (Phi) is 9.96. The Labute approximate surface area is 224 Å². The molecule has 1 fully saturated rings. The van der Waals surface area contributed by atoms with Crippen LogP contribution < -0.4 is 10.2 Å². The number of carbonyl (C=O) groups is 1. The van der Waals surface area contributed by atoms with Crippen LogP contribution in [0.3, 0.4) is 0 Å². The summed E-state index contributed by atoms with van der Waals surface area (Å²) in [7, 11) is 6.35. The zero-order valence-electron chi connectivity index (χ0n) is 22.2. The average Bonchev–Trinajstić information content (AvgIpc) is 3.51. The Morgan fingerprint density at radius 1 is 1.32 bits per heavy atom. The van der Waals surface area contributed by atoms with E-state index in [1.54, 1.807) is 11.3 Å². The molecule has 4 heterocycles. The van der Waals surface area contributed by atoms with Crippen LogP contribution in [0.2, 0.25) is 0 Å². The quantitative estimate of drug-likeness (QED) is 0.415. The summed E-state index contributed by atoms with van der Waals surface area (Å²) in [5.74, 6) is -0.434. The molecule has 0 spiro atoms. The van der Waals surface area contributed by atoms with E-state index in [-0.39, 0.29) is 6.10 Å². The summed E-state index contributed by atoms with van der Waals surface area (Å²) >= 11 is 1.71. The number of anilines is 2. The molecule has 0 amide bonds. The van der Waals surface area contributed by atoms with Crippen molar-refractivity contribution in [2.45, 2.75) is 38.6 Å². The van der Waals surface area contributed by atoms with Crippen molar-refractivity contribution in [1.29, 1.82) is 0 Å². The maximum atomic E-state index is 10.6. The molecule has 0 radical (unpaired) electrons. The summed E-state index contributed by atoms with van der Waals surface area (Å²) in [6.07, 6.45) is -1.82. The van der Waals surface area contributed by atoms with Crippen molar-refractivity contribution in [3.63, 3.8) is 0 Å². The van der Waals surface area contributed by atoms with E-state index < -0.39 is 12.1 Å². The molecule has 9 nitrogen and oxygen atoms in total. The van der Waals surface area contributed by atoms with Crippen LogP contribution in [0.15, 0.2) is 29.1 Å². The van der Waals surface area contributed by atoms with Crippen LogP contribution in [0.4, 0.5) is 24.9 Å². The van der Waals surface area contributed by atoms with Crippen molar-refractivity contribution in [1.82, 2.24) is 19.4 Å². The van der Waals surface area contributed by atoms with E-state index in [0.29, 0.717) is 18.6 Å². The minimum atomic E-state index is -5.08. The smallest absolute Gasteiger partial charge is 0.475 e. The number of thiophene rings is 1. The second kappa shape index (κ2) is 12.8. The Hall–Kier alpha value is -2.90. The number of carboxylic acid groups (broad SMARTS) is 1. The van der Waals surface area contributed by atoms with Crippen molar-refractivity contribution in [3.05, 3.63) is 34.7 Å². The van der Waals surface area contributed by atoms with Crippen LogP contribution in [-0.4, -0.2) is 83.1 Å². The first-order chi connectivity index (χ1) is 17.9. The number of morpholine rings is 1. The lowest BCUT2D eigenvalue weighted by Gasteiger charge is -2.33. The molecule has 0 bridgehead atoms. The molecule has 0 aliphatic carbocycles. The summed E-state index contributed by atoms with van der Waals surface area (Å²) in [6.45, 7) is 7.64. The highest BCUT2D eigenvalue weighted by Gasteiger charge is 2.38. The highest BCUT2D eigenvalue weighted by Crippen LogP contribution is 2.29. The predicted octanol–water partition coefficient (Wildman–Crippen LogP) is 4.63. The molecule has 210 valence electrons. The number of aromatic nitrogens is 3. The van der Waals surface area contributed by atoms with E-state index in [2.05, 4.69) is 83.8 Å².